The van der Waals surface area contributed by atoms with Crippen molar-refractivity contribution in [2.75, 3.05) is 20.8 Å². The van der Waals surface area contributed by atoms with Gasteiger partial charge in [0, 0.05) is 25.2 Å². The summed E-state index contributed by atoms with van der Waals surface area (Å²) in [5, 5.41) is 31.2. The van der Waals surface area contributed by atoms with Crippen LogP contribution in [-0.2, 0) is 0 Å². The lowest BCUT2D eigenvalue weighted by Crippen LogP contribution is -2.26. The lowest BCUT2D eigenvalue weighted by Gasteiger charge is -2.19. The predicted molar refractivity (Wildman–Crippen MR) is 91.8 cm³/mol. The van der Waals surface area contributed by atoms with E-state index in [-0.39, 0.29) is 11.5 Å². The Morgan fingerprint density at radius 3 is 1.57 bits per heavy atom. The molecule has 2 aromatic rings. The lowest BCUT2D eigenvalue weighted by atomic mass is 10.2. The molecule has 0 aromatic heterocycles. The van der Waals surface area contributed by atoms with Crippen LogP contribution in [0.4, 0.5) is 0 Å². The number of para-hydroxylation sites is 2. The summed E-state index contributed by atoms with van der Waals surface area (Å²) in [6.45, 7) is 0.453. The molecule has 23 heavy (non-hydrogen) atoms. The molecule has 0 saturated carbocycles. The molecule has 6 heteroatoms. The molecular formula is C17H20N4O2. The molecule has 0 radical (unpaired) electrons. The van der Waals surface area contributed by atoms with Crippen LogP contribution >= 0.6 is 0 Å². The van der Waals surface area contributed by atoms with Crippen LogP contribution in [0.3, 0.4) is 0 Å². The summed E-state index contributed by atoms with van der Waals surface area (Å²) in [4.78, 5) is 0. The number of aromatic hydroxyl groups is 2. The average Bonchev–Trinajstić information content (AvgIpc) is 2.53. The van der Waals surface area contributed by atoms with Crippen LogP contribution in [0, 0.1) is 0 Å². The van der Waals surface area contributed by atoms with Gasteiger partial charge < -0.3 is 10.2 Å². The molecule has 0 spiro atoms. The maximum Gasteiger partial charge on any atom is 0.124 e. The van der Waals surface area contributed by atoms with E-state index >= 15 is 0 Å². The van der Waals surface area contributed by atoms with Gasteiger partial charge >= 0.3 is 0 Å². The van der Waals surface area contributed by atoms with Gasteiger partial charge in [-0.3, -0.25) is 10.0 Å². The monoisotopic (exact) mass is 312 g/mol. The second-order valence-electron chi connectivity index (χ2n) is 5.06. The first kappa shape index (κ1) is 16.4. The summed E-state index contributed by atoms with van der Waals surface area (Å²) in [5.41, 5.74) is 1.31. The Labute approximate surface area is 135 Å². The van der Waals surface area contributed by atoms with Crippen LogP contribution in [0.2, 0.25) is 0 Å². The molecular weight excluding hydrogens is 292 g/mol. The van der Waals surface area contributed by atoms with Gasteiger partial charge in [-0.15, -0.1) is 0 Å². The zero-order chi connectivity index (χ0) is 16.7. The fourth-order valence-corrected chi connectivity index (χ4v) is 1.88. The molecule has 120 valence electrons. The topological polar surface area (TPSA) is 71.7 Å². The summed E-state index contributed by atoms with van der Waals surface area (Å²) in [6.07, 6.45) is 3.19. The van der Waals surface area contributed by atoms with E-state index in [4.69, 9.17) is 0 Å². The first-order valence-corrected chi connectivity index (χ1v) is 7.12. The quantitative estimate of drug-likeness (QED) is 0.488. The van der Waals surface area contributed by atoms with E-state index in [9.17, 15) is 10.2 Å². The summed E-state index contributed by atoms with van der Waals surface area (Å²) >= 11 is 0. The SMILES string of the molecule is CN(CN(C)/N=C\c1ccccc1O)/N=C\c1ccccc1O. The first-order chi connectivity index (χ1) is 11.1. The summed E-state index contributed by atoms with van der Waals surface area (Å²) in [6, 6.07) is 14.0. The van der Waals surface area contributed by atoms with Crippen molar-refractivity contribution < 1.29 is 10.2 Å². The average molecular weight is 312 g/mol. The number of phenols is 2. The Balaban J connectivity index is 1.91. The smallest absolute Gasteiger partial charge is 0.124 e. The number of hydrogen-bond donors (Lipinski definition) is 2. The fourth-order valence-electron chi connectivity index (χ4n) is 1.88. The van der Waals surface area contributed by atoms with Gasteiger partial charge in [-0.2, -0.15) is 10.2 Å². The Kier molecular flexibility index (Phi) is 5.57. The second kappa shape index (κ2) is 7.84. The van der Waals surface area contributed by atoms with Crippen molar-refractivity contribution >= 4 is 12.4 Å². The van der Waals surface area contributed by atoms with Crippen LogP contribution in [-0.4, -0.2) is 53.4 Å². The van der Waals surface area contributed by atoms with Crippen molar-refractivity contribution in [2.45, 2.75) is 0 Å². The largest absolute Gasteiger partial charge is 0.507 e. The number of benzene rings is 2. The third-order valence-corrected chi connectivity index (χ3v) is 3.07. The fraction of sp³-hybridized carbons (Fsp3) is 0.176. The lowest BCUT2D eigenvalue weighted by molar-refractivity contribution is 0.196. The standard InChI is InChI=1S/C17H20N4O2/c1-20(18-11-14-7-3-5-9-16(14)22)13-21(2)19-12-15-8-4-6-10-17(15)23/h3-12,22-23H,13H2,1-2H3/b18-11-,19-12-. The highest BCUT2D eigenvalue weighted by Crippen LogP contribution is 2.13. The van der Waals surface area contributed by atoms with Crippen molar-refractivity contribution in [2.24, 2.45) is 10.2 Å². The van der Waals surface area contributed by atoms with E-state index in [1.165, 1.54) is 0 Å². The predicted octanol–water partition coefficient (Wildman–Crippen LogP) is 2.29. The van der Waals surface area contributed by atoms with Crippen molar-refractivity contribution in [3.63, 3.8) is 0 Å². The van der Waals surface area contributed by atoms with Crippen LogP contribution in [0.1, 0.15) is 11.1 Å². The number of phenolic OH excluding ortho intramolecular Hbond substituents is 2. The molecule has 2 aromatic carbocycles. The van der Waals surface area contributed by atoms with Crippen molar-refractivity contribution in [3.8, 4) is 11.5 Å². The third-order valence-electron chi connectivity index (χ3n) is 3.07. The van der Waals surface area contributed by atoms with Gasteiger partial charge in [-0.1, -0.05) is 24.3 Å². The maximum atomic E-state index is 9.67. The zero-order valence-electron chi connectivity index (χ0n) is 13.2. The Hall–Kier alpha value is -3.02. The minimum Gasteiger partial charge on any atom is -0.507 e. The van der Waals surface area contributed by atoms with E-state index in [2.05, 4.69) is 10.2 Å². The van der Waals surface area contributed by atoms with Gasteiger partial charge in [0.2, 0.25) is 0 Å². The summed E-state index contributed by atoms with van der Waals surface area (Å²) < 4.78 is 0. The molecule has 2 rings (SSSR count). The zero-order valence-corrected chi connectivity index (χ0v) is 13.2. The normalized spacial score (nSPS) is 11.2. The minimum absolute atomic E-state index is 0.190. The van der Waals surface area contributed by atoms with Crippen molar-refractivity contribution in [1.82, 2.24) is 10.0 Å². The van der Waals surface area contributed by atoms with E-state index in [0.29, 0.717) is 17.8 Å². The highest BCUT2D eigenvalue weighted by atomic mass is 16.3. The van der Waals surface area contributed by atoms with Gasteiger partial charge in [0.25, 0.3) is 0 Å². The van der Waals surface area contributed by atoms with E-state index in [1.54, 1.807) is 58.8 Å². The molecule has 2 N–H and O–H groups in total. The number of hydrazone groups is 2. The van der Waals surface area contributed by atoms with Crippen LogP contribution in [0.25, 0.3) is 0 Å². The number of hydrogen-bond acceptors (Lipinski definition) is 6. The van der Waals surface area contributed by atoms with Gasteiger partial charge in [0.05, 0.1) is 12.4 Å². The van der Waals surface area contributed by atoms with Gasteiger partial charge in [0.15, 0.2) is 0 Å². The molecule has 0 fully saturated rings. The van der Waals surface area contributed by atoms with Gasteiger partial charge in [-0.05, 0) is 24.3 Å². The molecule has 0 amide bonds. The van der Waals surface area contributed by atoms with Gasteiger partial charge in [0.1, 0.15) is 18.2 Å². The molecule has 0 aliphatic carbocycles. The highest BCUT2D eigenvalue weighted by molar-refractivity contribution is 5.83. The number of nitrogens with zero attached hydrogens (tertiary/aromatic N) is 4. The molecule has 0 unspecified atom stereocenters. The van der Waals surface area contributed by atoms with E-state index < -0.39 is 0 Å². The van der Waals surface area contributed by atoms with Crippen molar-refractivity contribution in [3.05, 3.63) is 59.7 Å². The van der Waals surface area contributed by atoms with Crippen LogP contribution in [0.5, 0.6) is 11.5 Å². The second-order valence-corrected chi connectivity index (χ2v) is 5.06. The van der Waals surface area contributed by atoms with E-state index in [0.717, 1.165) is 0 Å². The maximum absolute atomic E-state index is 9.67. The molecule has 0 atom stereocenters. The van der Waals surface area contributed by atoms with Crippen molar-refractivity contribution in [1.29, 1.82) is 0 Å². The van der Waals surface area contributed by atoms with Crippen LogP contribution < -0.4 is 0 Å². The Morgan fingerprint density at radius 2 is 1.17 bits per heavy atom. The first-order valence-electron chi connectivity index (χ1n) is 7.12. The summed E-state index contributed by atoms with van der Waals surface area (Å²) in [7, 11) is 3.62. The highest BCUT2D eigenvalue weighted by Gasteiger charge is 2.00. The molecule has 6 nitrogen and oxygen atoms in total. The Bertz CT molecular complexity index is 641. The van der Waals surface area contributed by atoms with E-state index in [1.807, 2.05) is 26.2 Å². The molecule has 0 saturated heterocycles. The Morgan fingerprint density at radius 1 is 0.783 bits per heavy atom. The third kappa shape index (κ3) is 5.03. The minimum atomic E-state index is 0.190. The van der Waals surface area contributed by atoms with Crippen LogP contribution in [0.15, 0.2) is 58.7 Å². The summed E-state index contributed by atoms with van der Waals surface area (Å²) in [5.74, 6) is 0.381. The number of rotatable bonds is 6. The van der Waals surface area contributed by atoms with Gasteiger partial charge in [-0.25, -0.2) is 0 Å². The molecule has 0 aliphatic heterocycles. The molecule has 0 aliphatic rings. The molecule has 0 heterocycles. The molecule has 0 bridgehead atoms.